The highest BCUT2D eigenvalue weighted by Crippen LogP contribution is 2.21. The molecule has 0 aliphatic heterocycles. The van der Waals surface area contributed by atoms with Gasteiger partial charge in [-0.2, -0.15) is 0 Å². The van der Waals surface area contributed by atoms with Crippen LogP contribution in [0.3, 0.4) is 0 Å². The minimum atomic E-state index is 0.0805. The number of aliphatic hydroxyl groups excluding tert-OH is 1. The Hall–Kier alpha value is -1.65. The van der Waals surface area contributed by atoms with Crippen LogP contribution >= 0.6 is 11.6 Å². The van der Waals surface area contributed by atoms with Gasteiger partial charge >= 0.3 is 0 Å². The highest BCUT2D eigenvalue weighted by Gasteiger charge is 2.09. The van der Waals surface area contributed by atoms with Gasteiger partial charge in [0.05, 0.1) is 6.61 Å². The monoisotopic (exact) mass is 305 g/mol. The molecule has 112 valence electrons. The molecule has 21 heavy (non-hydrogen) atoms. The van der Waals surface area contributed by atoms with Gasteiger partial charge in [-0.05, 0) is 30.9 Å². The number of halogens is 1. The summed E-state index contributed by atoms with van der Waals surface area (Å²) in [4.78, 5) is 8.60. The number of anilines is 1. The molecular formula is C16H20ClN3O. The van der Waals surface area contributed by atoms with Crippen LogP contribution in [0, 0.1) is 6.92 Å². The van der Waals surface area contributed by atoms with Crippen LogP contribution in [-0.4, -0.2) is 21.6 Å². The third-order valence-electron chi connectivity index (χ3n) is 3.33. The first-order chi connectivity index (χ1) is 10.1. The first-order valence-electron chi connectivity index (χ1n) is 7.09. The summed E-state index contributed by atoms with van der Waals surface area (Å²) in [5.74, 6) is 1.49. The Kier molecular flexibility index (Phi) is 5.53. The maximum Gasteiger partial charge on any atom is 0.138 e. The van der Waals surface area contributed by atoms with Gasteiger partial charge in [-0.3, -0.25) is 0 Å². The van der Waals surface area contributed by atoms with Crippen molar-refractivity contribution in [2.75, 3.05) is 11.9 Å². The number of benzene rings is 1. The molecule has 2 aromatic rings. The van der Waals surface area contributed by atoms with E-state index in [2.05, 4.69) is 15.3 Å². The number of rotatable bonds is 6. The standard InChI is InChI=1S/C16H20ClN3O/c1-3-14-15(17)19-11(2)20-16(14)18-9-8-12-4-6-13(10-21)7-5-12/h4-7,21H,3,8-10H2,1-2H3,(H,18,19,20). The smallest absolute Gasteiger partial charge is 0.138 e. The van der Waals surface area contributed by atoms with E-state index in [1.807, 2.05) is 38.1 Å². The Morgan fingerprint density at radius 2 is 1.81 bits per heavy atom. The Morgan fingerprint density at radius 3 is 2.43 bits per heavy atom. The van der Waals surface area contributed by atoms with E-state index >= 15 is 0 Å². The fourth-order valence-corrected chi connectivity index (χ4v) is 2.50. The normalized spacial score (nSPS) is 10.7. The zero-order valence-corrected chi connectivity index (χ0v) is 13.1. The zero-order valence-electron chi connectivity index (χ0n) is 12.4. The van der Waals surface area contributed by atoms with Crippen molar-refractivity contribution in [1.82, 2.24) is 9.97 Å². The summed E-state index contributed by atoms with van der Waals surface area (Å²) in [5, 5.41) is 12.9. The van der Waals surface area contributed by atoms with Gasteiger partial charge in [0.15, 0.2) is 0 Å². The van der Waals surface area contributed by atoms with E-state index in [9.17, 15) is 0 Å². The first-order valence-corrected chi connectivity index (χ1v) is 7.47. The summed E-state index contributed by atoms with van der Waals surface area (Å²) >= 11 is 6.15. The second kappa shape index (κ2) is 7.38. The van der Waals surface area contributed by atoms with Crippen molar-refractivity contribution < 1.29 is 5.11 Å². The molecule has 4 nitrogen and oxygen atoms in total. The number of hydrogen-bond acceptors (Lipinski definition) is 4. The highest BCUT2D eigenvalue weighted by atomic mass is 35.5. The van der Waals surface area contributed by atoms with Gasteiger partial charge in [-0.1, -0.05) is 42.8 Å². The zero-order chi connectivity index (χ0) is 15.2. The van der Waals surface area contributed by atoms with Gasteiger partial charge < -0.3 is 10.4 Å². The molecule has 1 heterocycles. The van der Waals surface area contributed by atoms with E-state index < -0.39 is 0 Å². The molecule has 0 unspecified atom stereocenters. The number of hydrogen-bond donors (Lipinski definition) is 2. The van der Waals surface area contributed by atoms with Crippen molar-refractivity contribution in [3.05, 3.63) is 51.9 Å². The molecule has 0 atom stereocenters. The Morgan fingerprint density at radius 1 is 1.14 bits per heavy atom. The molecule has 0 saturated carbocycles. The maximum absolute atomic E-state index is 9.02. The van der Waals surface area contributed by atoms with Crippen molar-refractivity contribution in [1.29, 1.82) is 0 Å². The van der Waals surface area contributed by atoms with Gasteiger partial charge in [-0.25, -0.2) is 9.97 Å². The summed E-state index contributed by atoms with van der Waals surface area (Å²) in [6.07, 6.45) is 1.68. The molecule has 0 saturated heterocycles. The van der Waals surface area contributed by atoms with Crippen LogP contribution in [0.5, 0.6) is 0 Å². The minimum absolute atomic E-state index is 0.0805. The maximum atomic E-state index is 9.02. The molecule has 0 bridgehead atoms. The lowest BCUT2D eigenvalue weighted by atomic mass is 10.1. The van der Waals surface area contributed by atoms with Crippen molar-refractivity contribution in [2.24, 2.45) is 0 Å². The fourth-order valence-electron chi connectivity index (χ4n) is 2.16. The number of aromatic nitrogens is 2. The fraction of sp³-hybridized carbons (Fsp3) is 0.375. The van der Waals surface area contributed by atoms with E-state index in [1.165, 1.54) is 5.56 Å². The van der Waals surface area contributed by atoms with Gasteiger partial charge in [-0.15, -0.1) is 0 Å². The molecule has 2 N–H and O–H groups in total. The molecule has 0 spiro atoms. The van der Waals surface area contributed by atoms with Crippen LogP contribution in [0.4, 0.5) is 5.82 Å². The van der Waals surface area contributed by atoms with E-state index in [-0.39, 0.29) is 6.61 Å². The summed E-state index contributed by atoms with van der Waals surface area (Å²) in [6, 6.07) is 7.95. The SMILES string of the molecule is CCc1c(Cl)nc(C)nc1NCCc1ccc(CO)cc1. The molecule has 1 aromatic heterocycles. The van der Waals surface area contributed by atoms with Crippen LogP contribution in [0.15, 0.2) is 24.3 Å². The summed E-state index contributed by atoms with van der Waals surface area (Å²) in [7, 11) is 0. The topological polar surface area (TPSA) is 58.0 Å². The third kappa shape index (κ3) is 4.16. The van der Waals surface area contributed by atoms with Gasteiger partial charge in [0.25, 0.3) is 0 Å². The third-order valence-corrected chi connectivity index (χ3v) is 3.65. The van der Waals surface area contributed by atoms with Crippen LogP contribution in [0.2, 0.25) is 5.15 Å². The average molecular weight is 306 g/mol. The lowest BCUT2D eigenvalue weighted by Gasteiger charge is -2.12. The summed E-state index contributed by atoms with van der Waals surface area (Å²) in [5.41, 5.74) is 3.10. The van der Waals surface area contributed by atoms with Crippen molar-refractivity contribution in [3.63, 3.8) is 0 Å². The second-order valence-electron chi connectivity index (χ2n) is 4.89. The van der Waals surface area contributed by atoms with Crippen LogP contribution in [0.25, 0.3) is 0 Å². The number of aryl methyl sites for hydroxylation is 1. The molecule has 2 rings (SSSR count). The molecule has 0 aliphatic rings. The van der Waals surface area contributed by atoms with E-state index in [4.69, 9.17) is 16.7 Å². The molecule has 0 aliphatic carbocycles. The van der Waals surface area contributed by atoms with Crippen molar-refractivity contribution in [2.45, 2.75) is 33.3 Å². The van der Waals surface area contributed by atoms with Crippen LogP contribution in [-0.2, 0) is 19.4 Å². The minimum Gasteiger partial charge on any atom is -0.392 e. The van der Waals surface area contributed by atoms with Gasteiger partial charge in [0.1, 0.15) is 16.8 Å². The molecule has 5 heteroatoms. The number of nitrogens with zero attached hydrogens (tertiary/aromatic N) is 2. The predicted molar refractivity (Wildman–Crippen MR) is 85.7 cm³/mol. The van der Waals surface area contributed by atoms with E-state index in [0.29, 0.717) is 11.0 Å². The van der Waals surface area contributed by atoms with Crippen LogP contribution < -0.4 is 5.32 Å². The van der Waals surface area contributed by atoms with Gasteiger partial charge in [0, 0.05) is 12.1 Å². The second-order valence-corrected chi connectivity index (χ2v) is 5.25. The molecule has 1 aromatic carbocycles. The van der Waals surface area contributed by atoms with Crippen molar-refractivity contribution in [3.8, 4) is 0 Å². The Balaban J connectivity index is 1.99. The first kappa shape index (κ1) is 15.7. The van der Waals surface area contributed by atoms with Crippen LogP contribution in [0.1, 0.15) is 29.4 Å². The number of nitrogens with one attached hydrogen (secondary N) is 1. The predicted octanol–water partition coefficient (Wildman–Crippen LogP) is 3.15. The molecule has 0 fully saturated rings. The Labute approximate surface area is 130 Å². The Bertz CT molecular complexity index is 599. The van der Waals surface area contributed by atoms with E-state index in [1.54, 1.807) is 0 Å². The largest absolute Gasteiger partial charge is 0.392 e. The van der Waals surface area contributed by atoms with Crippen molar-refractivity contribution >= 4 is 17.4 Å². The van der Waals surface area contributed by atoms with Gasteiger partial charge in [0.2, 0.25) is 0 Å². The highest BCUT2D eigenvalue weighted by molar-refractivity contribution is 6.30. The molecular weight excluding hydrogens is 286 g/mol. The summed E-state index contributed by atoms with van der Waals surface area (Å²) in [6.45, 7) is 4.73. The molecule has 0 amide bonds. The summed E-state index contributed by atoms with van der Waals surface area (Å²) < 4.78 is 0. The quantitative estimate of drug-likeness (QED) is 0.805. The lowest BCUT2D eigenvalue weighted by molar-refractivity contribution is 0.282. The lowest BCUT2D eigenvalue weighted by Crippen LogP contribution is -2.10. The molecule has 0 radical (unpaired) electrons. The van der Waals surface area contributed by atoms with E-state index in [0.717, 1.165) is 36.3 Å². The average Bonchev–Trinajstić information content (AvgIpc) is 2.47. The number of aliphatic hydroxyl groups is 1.